The Hall–Kier alpha value is -1.31. The molecule has 0 aliphatic heterocycles. The Bertz CT molecular complexity index is 405. The Balaban J connectivity index is 2.14. The minimum atomic E-state index is 0.151. The van der Waals surface area contributed by atoms with Crippen molar-refractivity contribution in [3.63, 3.8) is 0 Å². The van der Waals surface area contributed by atoms with E-state index in [9.17, 15) is 4.79 Å². The number of unbranched alkanes of at least 4 members (excludes halogenated alkanes) is 7. The van der Waals surface area contributed by atoms with Gasteiger partial charge in [0.1, 0.15) is 0 Å². The second-order valence-electron chi connectivity index (χ2n) is 6.04. The van der Waals surface area contributed by atoms with Gasteiger partial charge in [-0.25, -0.2) is 0 Å². The van der Waals surface area contributed by atoms with Gasteiger partial charge < -0.3 is 5.32 Å². The minimum Gasteiger partial charge on any atom is -0.326 e. The van der Waals surface area contributed by atoms with Gasteiger partial charge in [-0.15, -0.1) is 0 Å². The van der Waals surface area contributed by atoms with Gasteiger partial charge in [-0.05, 0) is 31.4 Å². The van der Waals surface area contributed by atoms with Gasteiger partial charge in [-0.3, -0.25) is 4.79 Å². The molecule has 118 valence electrons. The molecule has 2 heteroatoms. The van der Waals surface area contributed by atoms with Crippen LogP contribution in [-0.4, -0.2) is 5.91 Å². The topological polar surface area (TPSA) is 29.1 Å². The Morgan fingerprint density at radius 2 is 1.43 bits per heavy atom. The summed E-state index contributed by atoms with van der Waals surface area (Å²) in [6.45, 7) is 6.33. The summed E-state index contributed by atoms with van der Waals surface area (Å²) >= 11 is 0. The van der Waals surface area contributed by atoms with E-state index in [-0.39, 0.29) is 5.91 Å². The first-order chi connectivity index (χ1) is 10.1. The molecule has 0 aromatic heterocycles. The molecule has 2 nitrogen and oxygen atoms in total. The zero-order chi connectivity index (χ0) is 15.5. The lowest BCUT2D eigenvalue weighted by molar-refractivity contribution is -0.116. The number of nitrogens with one attached hydrogen (secondary N) is 1. The number of aryl methyl sites for hydroxylation is 2. The summed E-state index contributed by atoms with van der Waals surface area (Å²) in [5.41, 5.74) is 3.26. The van der Waals surface area contributed by atoms with Gasteiger partial charge in [-0.1, -0.05) is 70.1 Å². The monoisotopic (exact) mass is 289 g/mol. The molecular weight excluding hydrogens is 258 g/mol. The van der Waals surface area contributed by atoms with Gasteiger partial charge in [0, 0.05) is 12.1 Å². The summed E-state index contributed by atoms with van der Waals surface area (Å²) in [7, 11) is 0. The SMILES string of the molecule is CCCCCCCCCCC(=O)Nc1c(C)cccc1C. The van der Waals surface area contributed by atoms with Crippen molar-refractivity contribution in [3.8, 4) is 0 Å². The maximum atomic E-state index is 12.0. The first-order valence-electron chi connectivity index (χ1n) is 8.51. The summed E-state index contributed by atoms with van der Waals surface area (Å²) in [6, 6.07) is 6.11. The van der Waals surface area contributed by atoms with Gasteiger partial charge in [0.05, 0.1) is 0 Å². The second kappa shape index (κ2) is 10.4. The van der Waals surface area contributed by atoms with Crippen LogP contribution in [0.1, 0.15) is 75.8 Å². The molecule has 21 heavy (non-hydrogen) atoms. The molecule has 0 atom stereocenters. The zero-order valence-corrected chi connectivity index (χ0v) is 14.0. The van der Waals surface area contributed by atoms with Gasteiger partial charge in [-0.2, -0.15) is 0 Å². The third-order valence-corrected chi connectivity index (χ3v) is 4.00. The minimum absolute atomic E-state index is 0.151. The van der Waals surface area contributed by atoms with Crippen LogP contribution < -0.4 is 5.32 Å². The Labute approximate surface area is 130 Å². The average Bonchev–Trinajstić information content (AvgIpc) is 2.46. The van der Waals surface area contributed by atoms with Crippen LogP contribution in [-0.2, 0) is 4.79 Å². The quantitative estimate of drug-likeness (QED) is 0.544. The molecule has 0 saturated carbocycles. The third kappa shape index (κ3) is 7.31. The van der Waals surface area contributed by atoms with Crippen molar-refractivity contribution in [3.05, 3.63) is 29.3 Å². The van der Waals surface area contributed by atoms with E-state index in [0.717, 1.165) is 23.2 Å². The maximum absolute atomic E-state index is 12.0. The second-order valence-corrected chi connectivity index (χ2v) is 6.04. The predicted octanol–water partition coefficient (Wildman–Crippen LogP) is 5.77. The Morgan fingerprint density at radius 1 is 0.905 bits per heavy atom. The van der Waals surface area contributed by atoms with Crippen molar-refractivity contribution in [1.82, 2.24) is 0 Å². The number of amides is 1. The number of carbonyl (C=O) groups excluding carboxylic acids is 1. The normalized spacial score (nSPS) is 10.6. The smallest absolute Gasteiger partial charge is 0.224 e. The van der Waals surface area contributed by atoms with E-state index in [1.807, 2.05) is 32.0 Å². The summed E-state index contributed by atoms with van der Waals surface area (Å²) in [5, 5.41) is 3.06. The van der Waals surface area contributed by atoms with Gasteiger partial charge in [0.2, 0.25) is 5.91 Å². The number of hydrogen-bond acceptors (Lipinski definition) is 1. The molecule has 0 radical (unpaired) electrons. The first-order valence-corrected chi connectivity index (χ1v) is 8.51. The number of carbonyl (C=O) groups is 1. The largest absolute Gasteiger partial charge is 0.326 e. The Morgan fingerprint density at radius 3 is 2.00 bits per heavy atom. The molecule has 0 bridgehead atoms. The lowest BCUT2D eigenvalue weighted by Crippen LogP contribution is -2.13. The standard InChI is InChI=1S/C19H31NO/c1-4-5-6-7-8-9-10-11-15-18(21)20-19-16(2)13-12-14-17(19)3/h12-14H,4-11,15H2,1-3H3,(H,20,21). The Kier molecular flexibility index (Phi) is 8.80. The van der Waals surface area contributed by atoms with E-state index >= 15 is 0 Å². The molecule has 0 spiro atoms. The third-order valence-electron chi connectivity index (χ3n) is 4.00. The van der Waals surface area contributed by atoms with Crippen molar-refractivity contribution in [1.29, 1.82) is 0 Å². The van der Waals surface area contributed by atoms with Gasteiger partial charge in [0.15, 0.2) is 0 Å². The fourth-order valence-corrected chi connectivity index (χ4v) is 2.63. The number of para-hydroxylation sites is 1. The highest BCUT2D eigenvalue weighted by Gasteiger charge is 2.06. The van der Waals surface area contributed by atoms with Crippen molar-refractivity contribution < 1.29 is 4.79 Å². The van der Waals surface area contributed by atoms with E-state index in [2.05, 4.69) is 12.2 Å². The van der Waals surface area contributed by atoms with Crippen molar-refractivity contribution in [2.75, 3.05) is 5.32 Å². The maximum Gasteiger partial charge on any atom is 0.224 e. The van der Waals surface area contributed by atoms with E-state index in [1.165, 1.54) is 44.9 Å². The van der Waals surface area contributed by atoms with E-state index in [4.69, 9.17) is 0 Å². The van der Waals surface area contributed by atoms with Crippen molar-refractivity contribution in [2.45, 2.75) is 78.6 Å². The van der Waals surface area contributed by atoms with Crippen LogP contribution in [0.2, 0.25) is 0 Å². The van der Waals surface area contributed by atoms with Crippen LogP contribution in [0.15, 0.2) is 18.2 Å². The molecule has 1 rings (SSSR count). The molecule has 1 aromatic carbocycles. The van der Waals surface area contributed by atoms with Crippen LogP contribution >= 0.6 is 0 Å². The van der Waals surface area contributed by atoms with Crippen LogP contribution in [0, 0.1) is 13.8 Å². The molecule has 1 amide bonds. The molecule has 0 aliphatic carbocycles. The van der Waals surface area contributed by atoms with Crippen molar-refractivity contribution in [2.24, 2.45) is 0 Å². The number of hydrogen-bond donors (Lipinski definition) is 1. The van der Waals surface area contributed by atoms with Crippen LogP contribution in [0.25, 0.3) is 0 Å². The molecule has 1 N–H and O–H groups in total. The van der Waals surface area contributed by atoms with E-state index in [0.29, 0.717) is 6.42 Å². The lowest BCUT2D eigenvalue weighted by atomic mass is 10.1. The molecule has 1 aromatic rings. The molecule has 0 heterocycles. The average molecular weight is 289 g/mol. The zero-order valence-electron chi connectivity index (χ0n) is 14.0. The highest BCUT2D eigenvalue weighted by atomic mass is 16.1. The number of anilines is 1. The molecule has 0 aliphatic rings. The summed E-state index contributed by atoms with van der Waals surface area (Å²) in [6.07, 6.45) is 10.8. The highest BCUT2D eigenvalue weighted by Crippen LogP contribution is 2.20. The number of rotatable bonds is 10. The fraction of sp³-hybridized carbons (Fsp3) is 0.632. The number of benzene rings is 1. The van der Waals surface area contributed by atoms with E-state index < -0.39 is 0 Å². The van der Waals surface area contributed by atoms with Crippen LogP contribution in [0.3, 0.4) is 0 Å². The highest BCUT2D eigenvalue weighted by molar-refractivity contribution is 5.92. The van der Waals surface area contributed by atoms with Gasteiger partial charge >= 0.3 is 0 Å². The molecule has 0 fully saturated rings. The first kappa shape index (κ1) is 17.7. The summed E-state index contributed by atoms with van der Waals surface area (Å²) in [4.78, 5) is 12.0. The lowest BCUT2D eigenvalue weighted by Gasteiger charge is -2.11. The predicted molar refractivity (Wildman–Crippen MR) is 91.8 cm³/mol. The molecular formula is C19H31NO. The summed E-state index contributed by atoms with van der Waals surface area (Å²) in [5.74, 6) is 0.151. The van der Waals surface area contributed by atoms with Gasteiger partial charge in [0.25, 0.3) is 0 Å². The summed E-state index contributed by atoms with van der Waals surface area (Å²) < 4.78 is 0. The van der Waals surface area contributed by atoms with Crippen LogP contribution in [0.5, 0.6) is 0 Å². The molecule has 0 saturated heterocycles. The van der Waals surface area contributed by atoms with E-state index in [1.54, 1.807) is 0 Å². The van der Waals surface area contributed by atoms with Crippen molar-refractivity contribution >= 4 is 11.6 Å². The molecule has 0 unspecified atom stereocenters. The van der Waals surface area contributed by atoms with Crippen LogP contribution in [0.4, 0.5) is 5.69 Å². The fourth-order valence-electron chi connectivity index (χ4n) is 2.63.